The van der Waals surface area contributed by atoms with Crippen LogP contribution in [0.2, 0.25) is 0 Å². The molecule has 0 saturated heterocycles. The van der Waals surface area contributed by atoms with E-state index in [1.54, 1.807) is 6.26 Å². The largest absolute Gasteiger partial charge is 0.469 e. The van der Waals surface area contributed by atoms with Crippen LogP contribution < -0.4 is 0 Å². The van der Waals surface area contributed by atoms with Crippen LogP contribution in [0, 0.1) is 11.8 Å². The molecule has 0 aliphatic heterocycles. The van der Waals surface area contributed by atoms with Gasteiger partial charge in [-0.3, -0.25) is 0 Å². The van der Waals surface area contributed by atoms with Crippen LogP contribution in [-0.4, -0.2) is 0 Å². The number of hydrogen-bond acceptors (Lipinski definition) is 1. The van der Waals surface area contributed by atoms with Gasteiger partial charge in [-0.2, -0.15) is 0 Å². The van der Waals surface area contributed by atoms with Crippen LogP contribution in [0.4, 0.5) is 0 Å². The molecule has 1 heterocycles. The summed E-state index contributed by atoms with van der Waals surface area (Å²) in [5.74, 6) is 2.38. The van der Waals surface area contributed by atoms with Gasteiger partial charge in [-0.1, -0.05) is 23.8 Å². The van der Waals surface area contributed by atoms with E-state index in [1.165, 1.54) is 17.6 Å². The maximum Gasteiger partial charge on any atom is 0.104 e. The Morgan fingerprint density at radius 1 is 1.56 bits per heavy atom. The van der Waals surface area contributed by atoms with Gasteiger partial charge in [0, 0.05) is 6.42 Å². The molecule has 86 valence electrons. The Labute approximate surface area is 97.9 Å². The van der Waals surface area contributed by atoms with Crippen molar-refractivity contribution in [2.45, 2.75) is 33.1 Å². The van der Waals surface area contributed by atoms with E-state index >= 15 is 0 Å². The molecule has 1 aromatic rings. The summed E-state index contributed by atoms with van der Waals surface area (Å²) in [5.41, 5.74) is 2.81. The third-order valence-electron chi connectivity index (χ3n) is 3.55. The predicted octanol–water partition coefficient (Wildman–Crippen LogP) is 4.37. The lowest BCUT2D eigenvalue weighted by Crippen LogP contribution is -2.21. The standard InChI is InChI=1S/C15H20O/c1-11(2)15-7-6-12(3)9-13(15)10-14-5-4-8-16-14/h4-6,8,13,15H,1,7,9-10H2,2-3H3. The monoisotopic (exact) mass is 216 g/mol. The Morgan fingerprint density at radius 3 is 3.00 bits per heavy atom. The summed E-state index contributed by atoms with van der Waals surface area (Å²) in [6.45, 7) is 8.50. The first-order chi connectivity index (χ1) is 7.66. The van der Waals surface area contributed by atoms with Crippen molar-refractivity contribution in [2.75, 3.05) is 0 Å². The van der Waals surface area contributed by atoms with Crippen LogP contribution in [-0.2, 0) is 6.42 Å². The number of furan rings is 1. The van der Waals surface area contributed by atoms with Crippen LogP contribution in [0.15, 0.2) is 46.6 Å². The number of rotatable bonds is 3. The lowest BCUT2D eigenvalue weighted by molar-refractivity contribution is 0.332. The fourth-order valence-electron chi connectivity index (χ4n) is 2.66. The van der Waals surface area contributed by atoms with Gasteiger partial charge in [0.25, 0.3) is 0 Å². The molecule has 0 radical (unpaired) electrons. The molecule has 2 atom stereocenters. The average Bonchev–Trinajstić information content (AvgIpc) is 2.70. The fraction of sp³-hybridized carbons (Fsp3) is 0.467. The highest BCUT2D eigenvalue weighted by atomic mass is 16.3. The van der Waals surface area contributed by atoms with Crippen molar-refractivity contribution in [3.05, 3.63) is 48.0 Å². The molecule has 0 fully saturated rings. The fourth-order valence-corrected chi connectivity index (χ4v) is 2.66. The lowest BCUT2D eigenvalue weighted by Gasteiger charge is -2.30. The SMILES string of the molecule is C=C(C)C1CC=C(C)CC1Cc1ccco1. The first-order valence-corrected chi connectivity index (χ1v) is 6.00. The van der Waals surface area contributed by atoms with Crippen LogP contribution in [0.5, 0.6) is 0 Å². The summed E-state index contributed by atoms with van der Waals surface area (Å²) < 4.78 is 5.45. The zero-order valence-corrected chi connectivity index (χ0v) is 10.2. The summed E-state index contributed by atoms with van der Waals surface area (Å²) in [6, 6.07) is 4.04. The van der Waals surface area contributed by atoms with Gasteiger partial charge in [-0.05, 0) is 50.7 Å². The topological polar surface area (TPSA) is 13.1 Å². The van der Waals surface area contributed by atoms with E-state index in [4.69, 9.17) is 4.42 Å². The molecule has 0 aromatic carbocycles. The van der Waals surface area contributed by atoms with Crippen LogP contribution in [0.1, 0.15) is 32.4 Å². The van der Waals surface area contributed by atoms with E-state index < -0.39 is 0 Å². The molecule has 1 heteroatoms. The third-order valence-corrected chi connectivity index (χ3v) is 3.55. The summed E-state index contributed by atoms with van der Waals surface area (Å²) >= 11 is 0. The number of hydrogen-bond donors (Lipinski definition) is 0. The summed E-state index contributed by atoms with van der Waals surface area (Å²) in [7, 11) is 0. The second-order valence-corrected chi connectivity index (χ2v) is 4.99. The molecular weight excluding hydrogens is 196 g/mol. The van der Waals surface area contributed by atoms with Gasteiger partial charge in [0.1, 0.15) is 5.76 Å². The highest BCUT2D eigenvalue weighted by Crippen LogP contribution is 2.35. The average molecular weight is 216 g/mol. The van der Waals surface area contributed by atoms with Gasteiger partial charge in [-0.25, -0.2) is 0 Å². The second kappa shape index (κ2) is 4.73. The van der Waals surface area contributed by atoms with Gasteiger partial charge in [-0.15, -0.1) is 0 Å². The molecule has 0 saturated carbocycles. The molecule has 1 aliphatic rings. The van der Waals surface area contributed by atoms with E-state index in [9.17, 15) is 0 Å². The van der Waals surface area contributed by atoms with E-state index in [0.29, 0.717) is 11.8 Å². The normalized spacial score (nSPS) is 25.2. The van der Waals surface area contributed by atoms with Gasteiger partial charge < -0.3 is 4.42 Å². The Balaban J connectivity index is 2.11. The molecular formula is C15H20O. The molecule has 2 rings (SSSR count). The molecule has 0 bridgehead atoms. The Hall–Kier alpha value is -1.24. The van der Waals surface area contributed by atoms with Crippen molar-refractivity contribution in [3.63, 3.8) is 0 Å². The maximum atomic E-state index is 5.45. The Morgan fingerprint density at radius 2 is 2.38 bits per heavy atom. The highest BCUT2D eigenvalue weighted by molar-refractivity contribution is 5.15. The molecule has 0 amide bonds. The van der Waals surface area contributed by atoms with E-state index in [-0.39, 0.29) is 0 Å². The lowest BCUT2D eigenvalue weighted by atomic mass is 9.75. The molecule has 1 nitrogen and oxygen atoms in total. The van der Waals surface area contributed by atoms with Crippen molar-refractivity contribution in [1.29, 1.82) is 0 Å². The van der Waals surface area contributed by atoms with Crippen molar-refractivity contribution in [3.8, 4) is 0 Å². The van der Waals surface area contributed by atoms with Gasteiger partial charge in [0.2, 0.25) is 0 Å². The van der Waals surface area contributed by atoms with Crippen molar-refractivity contribution in [1.82, 2.24) is 0 Å². The molecule has 0 spiro atoms. The predicted molar refractivity (Wildman–Crippen MR) is 67.2 cm³/mol. The maximum absolute atomic E-state index is 5.45. The van der Waals surface area contributed by atoms with E-state index in [0.717, 1.165) is 18.6 Å². The Bertz CT molecular complexity index is 384. The first-order valence-electron chi connectivity index (χ1n) is 6.00. The molecule has 1 aromatic heterocycles. The van der Waals surface area contributed by atoms with Crippen molar-refractivity contribution < 1.29 is 4.42 Å². The van der Waals surface area contributed by atoms with Crippen LogP contribution >= 0.6 is 0 Å². The molecule has 1 aliphatic carbocycles. The van der Waals surface area contributed by atoms with Crippen LogP contribution in [0.25, 0.3) is 0 Å². The minimum atomic E-state index is 0.619. The van der Waals surface area contributed by atoms with E-state index in [2.05, 4.69) is 32.6 Å². The number of allylic oxidation sites excluding steroid dienone is 3. The summed E-state index contributed by atoms with van der Waals surface area (Å²) in [5, 5.41) is 0. The third kappa shape index (κ3) is 2.46. The van der Waals surface area contributed by atoms with Crippen molar-refractivity contribution in [2.24, 2.45) is 11.8 Å². The quantitative estimate of drug-likeness (QED) is 0.684. The van der Waals surface area contributed by atoms with Gasteiger partial charge in [0.15, 0.2) is 0 Å². The molecule has 0 N–H and O–H groups in total. The summed E-state index contributed by atoms with van der Waals surface area (Å²) in [4.78, 5) is 0. The zero-order valence-electron chi connectivity index (χ0n) is 10.2. The molecule has 16 heavy (non-hydrogen) atoms. The smallest absolute Gasteiger partial charge is 0.104 e. The molecule has 2 unspecified atom stereocenters. The first kappa shape index (κ1) is 11.3. The van der Waals surface area contributed by atoms with Gasteiger partial charge >= 0.3 is 0 Å². The summed E-state index contributed by atoms with van der Waals surface area (Å²) in [6.07, 6.45) is 7.48. The zero-order chi connectivity index (χ0) is 11.5. The Kier molecular flexibility index (Phi) is 3.33. The van der Waals surface area contributed by atoms with Crippen molar-refractivity contribution >= 4 is 0 Å². The minimum absolute atomic E-state index is 0.619. The van der Waals surface area contributed by atoms with E-state index in [1.807, 2.05) is 6.07 Å². The minimum Gasteiger partial charge on any atom is -0.469 e. The highest BCUT2D eigenvalue weighted by Gasteiger charge is 2.25. The second-order valence-electron chi connectivity index (χ2n) is 4.99. The van der Waals surface area contributed by atoms with Gasteiger partial charge in [0.05, 0.1) is 6.26 Å². The van der Waals surface area contributed by atoms with Crippen LogP contribution in [0.3, 0.4) is 0 Å².